The van der Waals surface area contributed by atoms with Gasteiger partial charge in [-0.05, 0) is 13.5 Å². The van der Waals surface area contributed by atoms with Crippen LogP contribution in [0.1, 0.15) is 19.2 Å². The lowest BCUT2D eigenvalue weighted by Crippen LogP contribution is -2.16. The molecule has 1 rings (SSSR count). The maximum absolute atomic E-state index is 11.3. The van der Waals surface area contributed by atoms with Crippen LogP contribution in [0.15, 0.2) is 6.33 Å². The molecule has 0 radical (unpaired) electrons. The Hall–Kier alpha value is -0.950. The molecule has 0 fully saturated rings. The highest BCUT2D eigenvalue weighted by atomic mass is 32.2. The second-order valence-electron chi connectivity index (χ2n) is 3.52. The molecule has 0 aliphatic carbocycles. The highest BCUT2D eigenvalue weighted by Crippen LogP contribution is 1.99. The van der Waals surface area contributed by atoms with Crippen LogP contribution in [-0.2, 0) is 22.9 Å². The third kappa shape index (κ3) is 3.90. The van der Waals surface area contributed by atoms with E-state index in [9.17, 15) is 8.42 Å². The highest BCUT2D eigenvalue weighted by Gasteiger charge is 2.08. The summed E-state index contributed by atoms with van der Waals surface area (Å²) in [5.41, 5.74) is 0. The number of hydrogen-bond acceptors (Lipinski definition) is 5. The summed E-state index contributed by atoms with van der Waals surface area (Å²) in [6.45, 7) is 2.90. The first kappa shape index (κ1) is 13.1. The molecule has 0 aliphatic rings. The number of rotatable bonds is 7. The van der Waals surface area contributed by atoms with Gasteiger partial charge in [-0.3, -0.25) is 0 Å². The van der Waals surface area contributed by atoms with Crippen molar-refractivity contribution in [3.63, 3.8) is 0 Å². The molecule has 0 bridgehead atoms. The predicted molar refractivity (Wildman–Crippen MR) is 61.7 cm³/mol. The van der Waals surface area contributed by atoms with Crippen molar-refractivity contribution in [3.8, 4) is 0 Å². The normalized spacial score (nSPS) is 11.9. The fraction of sp³-hybridized carbons (Fsp3) is 0.778. The molecule has 1 N–H and O–H groups in total. The summed E-state index contributed by atoms with van der Waals surface area (Å²) in [5, 5.41) is 7.04. The second-order valence-corrected chi connectivity index (χ2v) is 5.99. The van der Waals surface area contributed by atoms with Crippen molar-refractivity contribution >= 4 is 9.84 Å². The molecular weight excluding hydrogens is 228 g/mol. The molecule has 0 spiro atoms. The zero-order chi connectivity index (χ0) is 12.0. The first-order valence-corrected chi connectivity index (χ1v) is 7.13. The van der Waals surface area contributed by atoms with Crippen molar-refractivity contribution in [1.29, 1.82) is 0 Å². The van der Waals surface area contributed by atoms with E-state index in [-0.39, 0.29) is 11.5 Å². The van der Waals surface area contributed by atoms with Gasteiger partial charge in [0.05, 0.1) is 12.3 Å². The molecule has 1 heterocycles. The summed E-state index contributed by atoms with van der Waals surface area (Å²) in [5.74, 6) is 1.24. The van der Waals surface area contributed by atoms with Gasteiger partial charge in [-0.15, -0.1) is 0 Å². The van der Waals surface area contributed by atoms with Crippen molar-refractivity contribution in [2.45, 2.75) is 26.4 Å². The van der Waals surface area contributed by atoms with Crippen molar-refractivity contribution < 1.29 is 8.42 Å². The van der Waals surface area contributed by atoms with Gasteiger partial charge in [0.2, 0.25) is 0 Å². The molecular formula is C9H18N4O2S. The lowest BCUT2D eigenvalue weighted by atomic mass is 10.4. The van der Waals surface area contributed by atoms with Crippen LogP contribution in [0, 0.1) is 0 Å². The summed E-state index contributed by atoms with van der Waals surface area (Å²) in [4.78, 5) is 4.08. The SMILES string of the molecule is CCS(=O)(=O)CCCn1ncnc1CNC. The van der Waals surface area contributed by atoms with Crippen LogP contribution < -0.4 is 5.32 Å². The second kappa shape index (κ2) is 5.95. The van der Waals surface area contributed by atoms with E-state index in [0.29, 0.717) is 19.5 Å². The van der Waals surface area contributed by atoms with Gasteiger partial charge in [-0.25, -0.2) is 18.1 Å². The minimum atomic E-state index is -2.87. The molecule has 92 valence electrons. The molecule has 7 heteroatoms. The number of nitrogens with zero attached hydrogens (tertiary/aromatic N) is 3. The molecule has 1 aromatic heterocycles. The monoisotopic (exact) mass is 246 g/mol. The largest absolute Gasteiger partial charge is 0.313 e. The Balaban J connectivity index is 2.46. The van der Waals surface area contributed by atoms with Gasteiger partial charge in [0.25, 0.3) is 0 Å². The number of hydrogen-bond donors (Lipinski definition) is 1. The number of aromatic nitrogens is 3. The average molecular weight is 246 g/mol. The van der Waals surface area contributed by atoms with Crippen molar-refractivity contribution in [2.75, 3.05) is 18.6 Å². The standard InChI is InChI=1S/C9H18N4O2S/c1-3-16(14,15)6-4-5-13-9(7-10-2)11-8-12-13/h8,10H,3-7H2,1-2H3. The van der Waals surface area contributed by atoms with E-state index in [1.807, 2.05) is 7.05 Å². The fourth-order valence-corrected chi connectivity index (χ4v) is 2.21. The summed E-state index contributed by atoms with van der Waals surface area (Å²) >= 11 is 0. The van der Waals surface area contributed by atoms with Gasteiger partial charge in [0, 0.05) is 12.3 Å². The number of aryl methyl sites for hydroxylation is 1. The summed E-state index contributed by atoms with van der Waals surface area (Å²) in [6.07, 6.45) is 2.07. The van der Waals surface area contributed by atoms with E-state index in [1.54, 1.807) is 11.6 Å². The van der Waals surface area contributed by atoms with E-state index in [4.69, 9.17) is 0 Å². The smallest absolute Gasteiger partial charge is 0.150 e. The average Bonchev–Trinajstić information content (AvgIpc) is 2.66. The molecule has 0 atom stereocenters. The maximum atomic E-state index is 11.3. The van der Waals surface area contributed by atoms with Crippen LogP contribution in [-0.4, -0.2) is 41.7 Å². The topological polar surface area (TPSA) is 76.9 Å². The van der Waals surface area contributed by atoms with Crippen LogP contribution in [0.4, 0.5) is 0 Å². The van der Waals surface area contributed by atoms with Crippen LogP contribution in [0.3, 0.4) is 0 Å². The lowest BCUT2D eigenvalue weighted by molar-refractivity contribution is 0.547. The van der Waals surface area contributed by atoms with Crippen LogP contribution in [0.2, 0.25) is 0 Å². The van der Waals surface area contributed by atoms with E-state index >= 15 is 0 Å². The zero-order valence-corrected chi connectivity index (χ0v) is 10.5. The highest BCUT2D eigenvalue weighted by molar-refractivity contribution is 7.91. The maximum Gasteiger partial charge on any atom is 0.150 e. The first-order valence-electron chi connectivity index (χ1n) is 5.30. The Morgan fingerprint density at radius 2 is 2.25 bits per heavy atom. The summed E-state index contributed by atoms with van der Waals surface area (Å²) in [7, 11) is -1.04. The molecule has 16 heavy (non-hydrogen) atoms. The van der Waals surface area contributed by atoms with Crippen molar-refractivity contribution in [3.05, 3.63) is 12.2 Å². The molecule has 0 aliphatic heterocycles. The Morgan fingerprint density at radius 1 is 1.50 bits per heavy atom. The molecule has 0 aromatic carbocycles. The Kier molecular flexibility index (Phi) is 4.88. The quantitative estimate of drug-likeness (QED) is 0.722. The molecule has 0 amide bonds. The number of sulfone groups is 1. The van der Waals surface area contributed by atoms with Crippen LogP contribution in [0.25, 0.3) is 0 Å². The van der Waals surface area contributed by atoms with Gasteiger partial charge in [0.15, 0.2) is 0 Å². The van der Waals surface area contributed by atoms with Crippen LogP contribution >= 0.6 is 0 Å². The zero-order valence-electron chi connectivity index (χ0n) is 9.68. The molecule has 0 saturated heterocycles. The Labute approximate surface area is 96.0 Å². The van der Waals surface area contributed by atoms with E-state index in [1.165, 1.54) is 6.33 Å². The van der Waals surface area contributed by atoms with E-state index in [2.05, 4.69) is 15.4 Å². The Morgan fingerprint density at radius 3 is 2.88 bits per heavy atom. The summed E-state index contributed by atoms with van der Waals surface area (Å²) < 4.78 is 24.3. The third-order valence-corrected chi connectivity index (χ3v) is 4.09. The van der Waals surface area contributed by atoms with Crippen LogP contribution in [0.5, 0.6) is 0 Å². The van der Waals surface area contributed by atoms with E-state index in [0.717, 1.165) is 5.82 Å². The molecule has 0 saturated carbocycles. The van der Waals surface area contributed by atoms with E-state index < -0.39 is 9.84 Å². The van der Waals surface area contributed by atoms with Gasteiger partial charge >= 0.3 is 0 Å². The summed E-state index contributed by atoms with van der Waals surface area (Å²) in [6, 6.07) is 0. The van der Waals surface area contributed by atoms with Crippen molar-refractivity contribution in [1.82, 2.24) is 20.1 Å². The molecule has 1 aromatic rings. The third-order valence-electron chi connectivity index (χ3n) is 2.30. The fourth-order valence-electron chi connectivity index (χ4n) is 1.35. The minimum absolute atomic E-state index is 0.202. The van der Waals surface area contributed by atoms with Gasteiger partial charge in [0.1, 0.15) is 22.0 Å². The molecule has 0 unspecified atom stereocenters. The lowest BCUT2D eigenvalue weighted by Gasteiger charge is -2.05. The van der Waals surface area contributed by atoms with Gasteiger partial charge in [-0.2, -0.15) is 5.10 Å². The number of nitrogens with one attached hydrogen (secondary N) is 1. The first-order chi connectivity index (χ1) is 7.59. The molecule has 6 nitrogen and oxygen atoms in total. The Bertz CT molecular complexity index is 413. The van der Waals surface area contributed by atoms with Gasteiger partial charge < -0.3 is 5.32 Å². The minimum Gasteiger partial charge on any atom is -0.313 e. The van der Waals surface area contributed by atoms with Crippen molar-refractivity contribution in [2.24, 2.45) is 0 Å². The predicted octanol–water partition coefficient (Wildman–Crippen LogP) is -0.178. The van der Waals surface area contributed by atoms with Gasteiger partial charge in [-0.1, -0.05) is 6.92 Å².